The molecular weight excluding hydrogens is 452 g/mol. The second-order valence-corrected chi connectivity index (χ2v) is 8.79. The zero-order chi connectivity index (χ0) is 25.4. The highest BCUT2D eigenvalue weighted by Crippen LogP contribution is 2.43. The Bertz CT molecular complexity index is 1360. The maximum absolute atomic E-state index is 14.8. The van der Waals surface area contributed by atoms with Crippen LogP contribution in [0, 0.1) is 18.6 Å². The number of nitrogens with zero attached hydrogens (tertiary/aromatic N) is 1. The lowest BCUT2D eigenvalue weighted by Gasteiger charge is -2.26. The minimum absolute atomic E-state index is 0.0565. The molecule has 3 aromatic rings. The van der Waals surface area contributed by atoms with Crippen LogP contribution in [0.5, 0.6) is 5.75 Å². The first-order chi connectivity index (χ1) is 16.6. The third-order valence-electron chi connectivity index (χ3n) is 6.10. The summed E-state index contributed by atoms with van der Waals surface area (Å²) in [5.41, 5.74) is 2.05. The van der Waals surface area contributed by atoms with Crippen LogP contribution in [0.25, 0.3) is 5.76 Å². The van der Waals surface area contributed by atoms with Crippen LogP contribution in [0.15, 0.2) is 66.2 Å². The van der Waals surface area contributed by atoms with E-state index in [0.29, 0.717) is 22.9 Å². The van der Waals surface area contributed by atoms with Crippen molar-refractivity contribution in [3.63, 3.8) is 0 Å². The third kappa shape index (κ3) is 4.30. The molecule has 1 unspecified atom stereocenters. The van der Waals surface area contributed by atoms with E-state index in [4.69, 9.17) is 4.74 Å². The number of carbonyl (C=O) groups excluding carboxylic acids is 2. The second-order valence-electron chi connectivity index (χ2n) is 8.79. The molecule has 5 nitrogen and oxygen atoms in total. The monoisotopic (exact) mass is 477 g/mol. The molecule has 1 amide bonds. The van der Waals surface area contributed by atoms with Gasteiger partial charge in [-0.15, -0.1) is 0 Å². The average molecular weight is 478 g/mol. The number of benzene rings is 3. The number of ether oxygens (including phenoxy) is 1. The maximum atomic E-state index is 14.8. The predicted molar refractivity (Wildman–Crippen MR) is 129 cm³/mol. The Hall–Kier alpha value is -4.00. The van der Waals surface area contributed by atoms with E-state index >= 15 is 0 Å². The zero-order valence-electron chi connectivity index (χ0n) is 19.8. The molecule has 7 heteroatoms. The first-order valence-corrected chi connectivity index (χ1v) is 11.1. The summed E-state index contributed by atoms with van der Waals surface area (Å²) in [5, 5.41) is 11.3. The van der Waals surface area contributed by atoms with Crippen LogP contribution < -0.4 is 9.64 Å². The molecule has 35 heavy (non-hydrogen) atoms. The van der Waals surface area contributed by atoms with Gasteiger partial charge in [0.1, 0.15) is 23.1 Å². The van der Waals surface area contributed by atoms with Crippen molar-refractivity contribution in [1.29, 1.82) is 0 Å². The zero-order valence-corrected chi connectivity index (χ0v) is 19.8. The summed E-state index contributed by atoms with van der Waals surface area (Å²) in [7, 11) is 1.54. The van der Waals surface area contributed by atoms with Crippen LogP contribution in [0.1, 0.15) is 48.1 Å². The molecule has 0 radical (unpaired) electrons. The summed E-state index contributed by atoms with van der Waals surface area (Å²) in [6.45, 7) is 5.77. The Morgan fingerprint density at radius 1 is 1.03 bits per heavy atom. The Morgan fingerprint density at radius 3 is 2.40 bits per heavy atom. The van der Waals surface area contributed by atoms with E-state index in [1.165, 1.54) is 0 Å². The highest BCUT2D eigenvalue weighted by Gasteiger charge is 2.47. The number of anilines is 1. The van der Waals surface area contributed by atoms with Gasteiger partial charge in [0.25, 0.3) is 11.7 Å². The fourth-order valence-corrected chi connectivity index (χ4v) is 4.40. The SMILES string of the molecule is COc1ccc(/C(O)=C2/C(=O)C(=O)N(c3ccc(F)cc3F)C2c2cccc(C)c2)cc1C(C)C. The minimum Gasteiger partial charge on any atom is -0.507 e. The van der Waals surface area contributed by atoms with Gasteiger partial charge in [0.15, 0.2) is 0 Å². The Kier molecular flexibility index (Phi) is 6.43. The maximum Gasteiger partial charge on any atom is 0.300 e. The van der Waals surface area contributed by atoms with Gasteiger partial charge in [-0.05, 0) is 54.3 Å². The van der Waals surface area contributed by atoms with Crippen LogP contribution in [0.3, 0.4) is 0 Å². The standard InChI is InChI=1S/C28H25F2NO4/c1-15(2)20-13-18(8-11-23(20)35-4)26(32)24-25(17-7-5-6-16(3)12-17)31(28(34)27(24)33)22-10-9-19(29)14-21(22)30/h5-15,25,32H,1-4H3/b26-24-. The normalized spacial score (nSPS) is 17.3. The summed E-state index contributed by atoms with van der Waals surface area (Å²) in [5.74, 6) is -3.47. The van der Waals surface area contributed by atoms with Crippen LogP contribution in [0.4, 0.5) is 14.5 Å². The molecule has 0 saturated carbocycles. The Morgan fingerprint density at radius 2 is 1.77 bits per heavy atom. The van der Waals surface area contributed by atoms with E-state index in [0.717, 1.165) is 28.2 Å². The number of amides is 1. The summed E-state index contributed by atoms with van der Waals surface area (Å²) in [6, 6.07) is 13.7. The highest BCUT2D eigenvalue weighted by atomic mass is 19.1. The van der Waals surface area contributed by atoms with Crippen LogP contribution in [-0.2, 0) is 9.59 Å². The topological polar surface area (TPSA) is 66.8 Å². The molecule has 1 atom stereocenters. The van der Waals surface area contributed by atoms with Gasteiger partial charge in [-0.2, -0.15) is 0 Å². The molecule has 1 N–H and O–H groups in total. The van der Waals surface area contributed by atoms with Gasteiger partial charge in [0.05, 0.1) is 24.4 Å². The highest BCUT2D eigenvalue weighted by molar-refractivity contribution is 6.51. The van der Waals surface area contributed by atoms with Crippen LogP contribution in [-0.4, -0.2) is 23.9 Å². The first-order valence-electron chi connectivity index (χ1n) is 11.1. The van der Waals surface area contributed by atoms with Gasteiger partial charge in [-0.25, -0.2) is 8.78 Å². The molecule has 4 rings (SSSR count). The molecule has 1 saturated heterocycles. The molecule has 1 fully saturated rings. The largest absolute Gasteiger partial charge is 0.507 e. The number of carbonyl (C=O) groups is 2. The third-order valence-corrected chi connectivity index (χ3v) is 6.10. The number of aliphatic hydroxyl groups is 1. The van der Waals surface area contributed by atoms with Crippen molar-refractivity contribution >= 4 is 23.1 Å². The fraction of sp³-hybridized carbons (Fsp3) is 0.214. The van der Waals surface area contributed by atoms with Crippen molar-refractivity contribution in [3.8, 4) is 5.75 Å². The van der Waals surface area contributed by atoms with E-state index in [2.05, 4.69) is 0 Å². The smallest absolute Gasteiger partial charge is 0.300 e. The van der Waals surface area contributed by atoms with Gasteiger partial charge in [-0.3, -0.25) is 14.5 Å². The van der Waals surface area contributed by atoms with E-state index in [1.54, 1.807) is 43.5 Å². The number of halogens is 2. The quantitative estimate of drug-likeness (QED) is 0.277. The second kappa shape index (κ2) is 9.33. The van der Waals surface area contributed by atoms with Crippen molar-refractivity contribution < 1.29 is 28.2 Å². The average Bonchev–Trinajstić information content (AvgIpc) is 3.08. The molecule has 0 aliphatic carbocycles. The van der Waals surface area contributed by atoms with Crippen LogP contribution >= 0.6 is 0 Å². The van der Waals surface area contributed by atoms with Crippen molar-refractivity contribution in [2.24, 2.45) is 0 Å². The van der Waals surface area contributed by atoms with E-state index < -0.39 is 29.4 Å². The molecule has 1 aliphatic rings. The number of hydrogen-bond acceptors (Lipinski definition) is 4. The van der Waals surface area contributed by atoms with E-state index in [1.807, 2.05) is 26.8 Å². The lowest BCUT2D eigenvalue weighted by atomic mass is 9.92. The lowest BCUT2D eigenvalue weighted by molar-refractivity contribution is -0.132. The number of ketones is 1. The van der Waals surface area contributed by atoms with Crippen molar-refractivity contribution in [2.45, 2.75) is 32.7 Å². The van der Waals surface area contributed by atoms with E-state index in [-0.39, 0.29) is 22.9 Å². The number of aliphatic hydroxyl groups excluding tert-OH is 1. The van der Waals surface area contributed by atoms with Crippen molar-refractivity contribution in [2.75, 3.05) is 12.0 Å². The van der Waals surface area contributed by atoms with Gasteiger partial charge in [0.2, 0.25) is 0 Å². The lowest BCUT2D eigenvalue weighted by Crippen LogP contribution is -2.30. The number of aryl methyl sites for hydroxylation is 1. The molecule has 1 aliphatic heterocycles. The summed E-state index contributed by atoms with van der Waals surface area (Å²) in [4.78, 5) is 27.4. The fourth-order valence-electron chi connectivity index (χ4n) is 4.40. The number of methoxy groups -OCH3 is 1. The summed E-state index contributed by atoms with van der Waals surface area (Å²) in [6.07, 6.45) is 0. The van der Waals surface area contributed by atoms with Gasteiger partial charge >= 0.3 is 0 Å². The van der Waals surface area contributed by atoms with Gasteiger partial charge in [0, 0.05) is 11.6 Å². The number of hydrogen-bond donors (Lipinski definition) is 1. The molecule has 0 spiro atoms. The first kappa shape index (κ1) is 24.1. The minimum atomic E-state index is -1.11. The molecule has 1 heterocycles. The summed E-state index contributed by atoms with van der Waals surface area (Å²) >= 11 is 0. The molecular formula is C28H25F2NO4. The summed E-state index contributed by atoms with van der Waals surface area (Å²) < 4.78 is 33.8. The van der Waals surface area contributed by atoms with Crippen molar-refractivity contribution in [3.05, 3.63) is 100 Å². The molecule has 0 bridgehead atoms. The van der Waals surface area contributed by atoms with Crippen molar-refractivity contribution in [1.82, 2.24) is 0 Å². The Balaban J connectivity index is 1.98. The Labute approximate surface area is 202 Å². The number of rotatable bonds is 5. The molecule has 3 aromatic carbocycles. The van der Waals surface area contributed by atoms with E-state index in [9.17, 15) is 23.5 Å². The predicted octanol–water partition coefficient (Wildman–Crippen LogP) is 6.03. The van der Waals surface area contributed by atoms with Gasteiger partial charge in [-0.1, -0.05) is 43.7 Å². The molecule has 180 valence electrons. The molecule has 0 aromatic heterocycles. The number of Topliss-reactive ketones (excluding diaryl/α,β-unsaturated/α-hetero) is 1. The van der Waals surface area contributed by atoms with Gasteiger partial charge < -0.3 is 9.84 Å². The van der Waals surface area contributed by atoms with Crippen LogP contribution in [0.2, 0.25) is 0 Å².